The van der Waals surface area contributed by atoms with Crippen molar-refractivity contribution in [2.24, 2.45) is 0 Å². The molecule has 1 aliphatic rings. The van der Waals surface area contributed by atoms with Gasteiger partial charge in [-0.2, -0.15) is 31.8 Å². The predicted octanol–water partition coefficient (Wildman–Crippen LogP) is 3.86. The number of hydrogen-bond donors (Lipinski definition) is 4. The first-order valence-electron chi connectivity index (χ1n) is 12.6. The molecule has 0 aliphatic carbocycles. The summed E-state index contributed by atoms with van der Waals surface area (Å²) in [5.41, 5.74) is 0.840. The van der Waals surface area contributed by atoms with Gasteiger partial charge in [-0.1, -0.05) is 60.7 Å². The summed E-state index contributed by atoms with van der Waals surface area (Å²) in [6, 6.07) is 19.3. The Morgan fingerprint density at radius 2 is 1.33 bits per heavy atom. The SMILES string of the molecule is O=S(=O)(O)c1ccccc1/C=C/c1cccc(Nc2nc(Nc3ccccc3)nc(N3CCOCC3)n2)c1S(=O)(=O)O. The van der Waals surface area contributed by atoms with Gasteiger partial charge in [0.1, 0.15) is 9.79 Å². The minimum atomic E-state index is -4.81. The summed E-state index contributed by atoms with van der Waals surface area (Å²) in [7, 11) is -9.35. The molecule has 0 spiro atoms. The van der Waals surface area contributed by atoms with Gasteiger partial charge in [0.05, 0.1) is 18.9 Å². The molecule has 5 rings (SSSR count). The normalized spacial score (nSPS) is 14.2. The van der Waals surface area contributed by atoms with Crippen LogP contribution in [0, 0.1) is 0 Å². The highest BCUT2D eigenvalue weighted by Crippen LogP contribution is 2.30. The van der Waals surface area contributed by atoms with E-state index in [1.807, 2.05) is 35.2 Å². The maximum atomic E-state index is 12.6. The molecule has 4 N–H and O–H groups in total. The Kier molecular flexibility index (Phi) is 8.46. The summed E-state index contributed by atoms with van der Waals surface area (Å²) in [4.78, 5) is 14.5. The molecular weight excluding hydrogens is 584 g/mol. The number of rotatable bonds is 9. The highest BCUT2D eigenvalue weighted by atomic mass is 32.2. The second-order valence-electron chi connectivity index (χ2n) is 9.04. The summed E-state index contributed by atoms with van der Waals surface area (Å²) in [5, 5.41) is 6.00. The lowest BCUT2D eigenvalue weighted by atomic mass is 10.1. The molecule has 4 aromatic rings. The fraction of sp³-hybridized carbons (Fsp3) is 0.148. The lowest BCUT2D eigenvalue weighted by Gasteiger charge is -2.27. The van der Waals surface area contributed by atoms with E-state index >= 15 is 0 Å². The van der Waals surface area contributed by atoms with E-state index in [-0.39, 0.29) is 33.6 Å². The predicted molar refractivity (Wildman–Crippen MR) is 157 cm³/mol. The van der Waals surface area contributed by atoms with Gasteiger partial charge in [0.15, 0.2) is 0 Å². The maximum absolute atomic E-state index is 12.6. The average Bonchev–Trinajstić information content (AvgIpc) is 2.96. The summed E-state index contributed by atoms with van der Waals surface area (Å²) in [5.74, 6) is 0.541. The third kappa shape index (κ3) is 7.07. The van der Waals surface area contributed by atoms with Crippen LogP contribution in [0.4, 0.5) is 29.2 Å². The molecule has 0 amide bonds. The van der Waals surface area contributed by atoms with Crippen LogP contribution in [0.25, 0.3) is 12.2 Å². The van der Waals surface area contributed by atoms with Gasteiger partial charge in [-0.3, -0.25) is 9.11 Å². The van der Waals surface area contributed by atoms with Crippen molar-refractivity contribution in [1.29, 1.82) is 0 Å². The standard InChI is InChI=1S/C27H26N6O7S2/c34-41(35,36)23-12-5-4-7-19(23)13-14-20-8-6-11-22(24(20)42(37,38)39)29-26-30-25(28-21-9-2-1-3-10-21)31-27(32-26)33-15-17-40-18-16-33/h1-14H,15-18H2,(H,34,35,36)(H,37,38,39)(H2,28,29,30,31,32)/b14-13+. The van der Waals surface area contributed by atoms with Crippen molar-refractivity contribution in [1.82, 2.24) is 15.0 Å². The van der Waals surface area contributed by atoms with Gasteiger partial charge in [0.25, 0.3) is 20.2 Å². The number of hydrogen-bond acceptors (Lipinski definition) is 11. The molecule has 15 heteroatoms. The number of benzene rings is 3. The second-order valence-corrected chi connectivity index (χ2v) is 11.8. The zero-order chi connectivity index (χ0) is 29.7. The van der Waals surface area contributed by atoms with Crippen molar-refractivity contribution in [2.75, 3.05) is 41.8 Å². The van der Waals surface area contributed by atoms with E-state index in [1.54, 1.807) is 12.1 Å². The molecule has 2 heterocycles. The van der Waals surface area contributed by atoms with Crippen LogP contribution in [0.5, 0.6) is 0 Å². The minimum Gasteiger partial charge on any atom is -0.378 e. The molecule has 0 saturated carbocycles. The lowest BCUT2D eigenvalue weighted by Crippen LogP contribution is -2.37. The molecular formula is C27H26N6O7S2. The molecule has 1 aromatic heterocycles. The molecule has 1 aliphatic heterocycles. The van der Waals surface area contributed by atoms with Crippen molar-refractivity contribution >= 4 is 61.6 Å². The first kappa shape index (κ1) is 29.1. The highest BCUT2D eigenvalue weighted by Gasteiger charge is 2.22. The largest absolute Gasteiger partial charge is 0.378 e. The number of para-hydroxylation sites is 1. The fourth-order valence-corrected chi connectivity index (χ4v) is 5.77. The van der Waals surface area contributed by atoms with Crippen LogP contribution in [-0.2, 0) is 25.0 Å². The van der Waals surface area contributed by atoms with Crippen molar-refractivity contribution in [2.45, 2.75) is 9.79 Å². The Bertz CT molecular complexity index is 1830. The molecule has 3 aromatic carbocycles. The highest BCUT2D eigenvalue weighted by molar-refractivity contribution is 7.86. The molecule has 1 fully saturated rings. The molecule has 218 valence electrons. The van der Waals surface area contributed by atoms with Crippen LogP contribution in [0.1, 0.15) is 11.1 Å². The lowest BCUT2D eigenvalue weighted by molar-refractivity contribution is 0.122. The van der Waals surface area contributed by atoms with E-state index in [1.165, 1.54) is 42.5 Å². The molecule has 0 radical (unpaired) electrons. The molecule has 0 bridgehead atoms. The smallest absolute Gasteiger partial charge is 0.297 e. The van der Waals surface area contributed by atoms with Gasteiger partial charge < -0.3 is 20.3 Å². The maximum Gasteiger partial charge on any atom is 0.297 e. The van der Waals surface area contributed by atoms with Crippen LogP contribution >= 0.6 is 0 Å². The topological polar surface area (TPSA) is 184 Å². The zero-order valence-corrected chi connectivity index (χ0v) is 23.6. The Labute approximate surface area is 242 Å². The van der Waals surface area contributed by atoms with E-state index in [0.29, 0.717) is 32.3 Å². The van der Waals surface area contributed by atoms with Gasteiger partial charge in [-0.05, 0) is 35.4 Å². The Balaban J connectivity index is 1.55. The van der Waals surface area contributed by atoms with Crippen molar-refractivity contribution in [3.05, 3.63) is 83.9 Å². The summed E-state index contributed by atoms with van der Waals surface area (Å²) in [6.45, 7) is 2.04. The monoisotopic (exact) mass is 610 g/mol. The van der Waals surface area contributed by atoms with Crippen LogP contribution in [0.3, 0.4) is 0 Å². The van der Waals surface area contributed by atoms with Crippen LogP contribution in [-0.4, -0.2) is 67.2 Å². The third-order valence-electron chi connectivity index (χ3n) is 6.14. The molecule has 42 heavy (non-hydrogen) atoms. The van der Waals surface area contributed by atoms with E-state index in [0.717, 1.165) is 5.69 Å². The summed E-state index contributed by atoms with van der Waals surface area (Å²) in [6.07, 6.45) is 2.63. The first-order valence-corrected chi connectivity index (χ1v) is 15.5. The van der Waals surface area contributed by atoms with Crippen molar-refractivity contribution in [3.8, 4) is 0 Å². The van der Waals surface area contributed by atoms with E-state index in [2.05, 4.69) is 25.6 Å². The molecule has 0 unspecified atom stereocenters. The number of morpholine rings is 1. The van der Waals surface area contributed by atoms with Gasteiger partial charge >= 0.3 is 0 Å². The number of nitrogens with zero attached hydrogens (tertiary/aromatic N) is 4. The van der Waals surface area contributed by atoms with Gasteiger partial charge in [-0.25, -0.2) is 0 Å². The van der Waals surface area contributed by atoms with Crippen molar-refractivity contribution in [3.63, 3.8) is 0 Å². The van der Waals surface area contributed by atoms with Crippen molar-refractivity contribution < 1.29 is 30.7 Å². The average molecular weight is 611 g/mol. The Morgan fingerprint density at radius 1 is 0.714 bits per heavy atom. The molecule has 1 saturated heterocycles. The third-order valence-corrected chi connectivity index (χ3v) is 8.04. The summed E-state index contributed by atoms with van der Waals surface area (Å²) < 4.78 is 73.9. The van der Waals surface area contributed by atoms with Gasteiger partial charge in [0, 0.05) is 18.8 Å². The minimum absolute atomic E-state index is 0.00710. The van der Waals surface area contributed by atoms with Crippen LogP contribution in [0.15, 0.2) is 82.6 Å². The Morgan fingerprint density at radius 3 is 2.02 bits per heavy atom. The number of aromatic nitrogens is 3. The van der Waals surface area contributed by atoms with Gasteiger partial charge in [-0.15, -0.1) is 0 Å². The molecule has 0 atom stereocenters. The summed E-state index contributed by atoms with van der Waals surface area (Å²) >= 11 is 0. The zero-order valence-electron chi connectivity index (χ0n) is 22.0. The fourth-order valence-electron chi connectivity index (χ4n) is 4.26. The number of anilines is 5. The second kappa shape index (κ2) is 12.2. The number of ether oxygens (including phenoxy) is 1. The van der Waals surface area contributed by atoms with E-state index in [4.69, 9.17) is 4.74 Å². The quantitative estimate of drug-likeness (QED) is 0.158. The molecule has 13 nitrogen and oxygen atoms in total. The van der Waals surface area contributed by atoms with Crippen LogP contribution in [0.2, 0.25) is 0 Å². The van der Waals surface area contributed by atoms with E-state index < -0.39 is 25.1 Å². The van der Waals surface area contributed by atoms with Gasteiger partial charge in [0.2, 0.25) is 17.8 Å². The van der Waals surface area contributed by atoms with E-state index in [9.17, 15) is 25.9 Å². The first-order chi connectivity index (χ1) is 20.1. The Hall–Kier alpha value is -4.41. The number of nitrogens with one attached hydrogen (secondary N) is 2. The van der Waals surface area contributed by atoms with Crippen LogP contribution < -0.4 is 15.5 Å².